The average molecular weight is 286 g/mol. The van der Waals surface area contributed by atoms with Gasteiger partial charge in [0.1, 0.15) is 11.6 Å². The van der Waals surface area contributed by atoms with E-state index in [9.17, 15) is 9.18 Å². The van der Waals surface area contributed by atoms with E-state index in [4.69, 9.17) is 16.7 Å². The smallest absolute Gasteiger partial charge is 0.256 e. The standard InChI is InChI=1S/C14H17ClFNO2/c1-14(2)8-17(6-5-12(14)15)13(19)10-4-3-9(18)7-11(10)16/h3-4,7,12,18H,5-6,8H2,1-2H3. The van der Waals surface area contributed by atoms with E-state index in [0.29, 0.717) is 19.5 Å². The molecule has 19 heavy (non-hydrogen) atoms. The summed E-state index contributed by atoms with van der Waals surface area (Å²) in [6, 6.07) is 3.58. The number of likely N-dealkylation sites (tertiary alicyclic amines) is 1. The molecule has 1 fully saturated rings. The fourth-order valence-corrected chi connectivity index (χ4v) is 2.52. The Morgan fingerprint density at radius 1 is 1.53 bits per heavy atom. The van der Waals surface area contributed by atoms with Crippen LogP contribution in [0.2, 0.25) is 0 Å². The van der Waals surface area contributed by atoms with E-state index in [0.717, 1.165) is 6.07 Å². The van der Waals surface area contributed by atoms with Gasteiger partial charge in [-0.05, 0) is 24.0 Å². The van der Waals surface area contributed by atoms with Gasteiger partial charge in [0.15, 0.2) is 0 Å². The van der Waals surface area contributed by atoms with Crippen LogP contribution in [0, 0.1) is 11.2 Å². The Kier molecular flexibility index (Phi) is 3.72. The monoisotopic (exact) mass is 285 g/mol. The van der Waals surface area contributed by atoms with Crippen LogP contribution in [0.3, 0.4) is 0 Å². The van der Waals surface area contributed by atoms with Crippen LogP contribution in [0.1, 0.15) is 30.6 Å². The molecular weight excluding hydrogens is 269 g/mol. The maximum absolute atomic E-state index is 13.7. The van der Waals surface area contributed by atoms with Crippen LogP contribution in [0.4, 0.5) is 4.39 Å². The summed E-state index contributed by atoms with van der Waals surface area (Å²) < 4.78 is 13.7. The quantitative estimate of drug-likeness (QED) is 0.806. The minimum atomic E-state index is -0.698. The number of phenols is 1. The van der Waals surface area contributed by atoms with Gasteiger partial charge in [-0.3, -0.25) is 4.79 Å². The van der Waals surface area contributed by atoms with Crippen molar-refractivity contribution < 1.29 is 14.3 Å². The molecule has 1 atom stereocenters. The van der Waals surface area contributed by atoms with Gasteiger partial charge in [0.05, 0.1) is 5.56 Å². The largest absolute Gasteiger partial charge is 0.508 e. The Morgan fingerprint density at radius 2 is 2.21 bits per heavy atom. The van der Waals surface area contributed by atoms with E-state index in [1.54, 1.807) is 4.90 Å². The lowest BCUT2D eigenvalue weighted by Gasteiger charge is -2.41. The van der Waals surface area contributed by atoms with Crippen molar-refractivity contribution in [3.05, 3.63) is 29.6 Å². The fourth-order valence-electron chi connectivity index (χ4n) is 2.35. The number of alkyl halides is 1. The van der Waals surface area contributed by atoms with Crippen LogP contribution in [0.15, 0.2) is 18.2 Å². The molecule has 104 valence electrons. The summed E-state index contributed by atoms with van der Waals surface area (Å²) in [7, 11) is 0. The molecule has 1 saturated heterocycles. The molecule has 0 spiro atoms. The number of piperidine rings is 1. The van der Waals surface area contributed by atoms with Crippen molar-refractivity contribution in [1.82, 2.24) is 4.90 Å². The third-order valence-corrected chi connectivity index (χ3v) is 4.38. The highest BCUT2D eigenvalue weighted by molar-refractivity contribution is 6.21. The second-order valence-corrected chi connectivity index (χ2v) is 6.16. The molecule has 0 aliphatic carbocycles. The second-order valence-electron chi connectivity index (χ2n) is 5.64. The highest BCUT2D eigenvalue weighted by atomic mass is 35.5. The lowest BCUT2D eigenvalue weighted by Crippen LogP contribution is -2.49. The lowest BCUT2D eigenvalue weighted by atomic mass is 9.83. The molecule has 0 aromatic heterocycles. The molecule has 1 aliphatic heterocycles. The summed E-state index contributed by atoms with van der Waals surface area (Å²) in [6.45, 7) is 5.02. The van der Waals surface area contributed by atoms with Gasteiger partial charge in [0.2, 0.25) is 0 Å². The van der Waals surface area contributed by atoms with Crippen molar-refractivity contribution in [2.45, 2.75) is 25.6 Å². The first-order chi connectivity index (χ1) is 8.81. The van der Waals surface area contributed by atoms with Crippen molar-refractivity contribution in [3.63, 3.8) is 0 Å². The van der Waals surface area contributed by atoms with E-state index in [-0.39, 0.29) is 28.0 Å². The van der Waals surface area contributed by atoms with Crippen LogP contribution < -0.4 is 0 Å². The van der Waals surface area contributed by atoms with E-state index in [1.165, 1.54) is 12.1 Å². The molecular formula is C14H17ClFNO2. The highest BCUT2D eigenvalue weighted by Gasteiger charge is 2.37. The molecule has 1 aromatic carbocycles. The normalized spacial score (nSPS) is 22.3. The third-order valence-electron chi connectivity index (χ3n) is 3.57. The Hall–Kier alpha value is -1.29. The van der Waals surface area contributed by atoms with Crippen molar-refractivity contribution in [1.29, 1.82) is 0 Å². The summed E-state index contributed by atoms with van der Waals surface area (Å²) in [5.74, 6) is -1.24. The average Bonchev–Trinajstić information content (AvgIpc) is 2.32. The number of hydrogen-bond donors (Lipinski definition) is 1. The highest BCUT2D eigenvalue weighted by Crippen LogP contribution is 2.34. The van der Waals surface area contributed by atoms with E-state index >= 15 is 0 Å². The van der Waals surface area contributed by atoms with Crippen molar-refractivity contribution >= 4 is 17.5 Å². The minimum absolute atomic E-state index is 0.0124. The summed E-state index contributed by atoms with van der Waals surface area (Å²) in [6.07, 6.45) is 0.694. The molecule has 5 heteroatoms. The molecule has 0 saturated carbocycles. The van der Waals surface area contributed by atoms with Gasteiger partial charge in [-0.15, -0.1) is 11.6 Å². The van der Waals surface area contributed by atoms with Crippen molar-refractivity contribution in [2.24, 2.45) is 5.41 Å². The summed E-state index contributed by atoms with van der Waals surface area (Å²) in [5, 5.41) is 9.18. The van der Waals surface area contributed by atoms with Gasteiger partial charge in [-0.1, -0.05) is 13.8 Å². The number of carbonyl (C=O) groups excluding carboxylic acids is 1. The molecule has 1 N–H and O–H groups in total. The van der Waals surface area contributed by atoms with Crippen LogP contribution >= 0.6 is 11.6 Å². The number of nitrogens with zero attached hydrogens (tertiary/aromatic N) is 1. The van der Waals surface area contributed by atoms with Crippen molar-refractivity contribution in [2.75, 3.05) is 13.1 Å². The Morgan fingerprint density at radius 3 is 2.79 bits per heavy atom. The van der Waals surface area contributed by atoms with E-state index in [1.807, 2.05) is 13.8 Å². The van der Waals surface area contributed by atoms with Crippen LogP contribution in [-0.4, -0.2) is 34.4 Å². The number of benzene rings is 1. The van der Waals surface area contributed by atoms with Gasteiger partial charge in [0, 0.05) is 24.5 Å². The number of halogens is 2. The Balaban J connectivity index is 2.21. The van der Waals surface area contributed by atoms with Gasteiger partial charge in [-0.2, -0.15) is 0 Å². The zero-order valence-corrected chi connectivity index (χ0v) is 11.7. The number of phenolic OH excluding ortho intramolecular Hbond substituents is 1. The second kappa shape index (κ2) is 5.00. The fraction of sp³-hybridized carbons (Fsp3) is 0.500. The van der Waals surface area contributed by atoms with Crippen LogP contribution in [0.5, 0.6) is 5.75 Å². The zero-order chi connectivity index (χ0) is 14.2. The molecule has 0 radical (unpaired) electrons. The van der Waals surface area contributed by atoms with Crippen LogP contribution in [-0.2, 0) is 0 Å². The van der Waals surface area contributed by atoms with Gasteiger partial charge >= 0.3 is 0 Å². The number of amides is 1. The maximum Gasteiger partial charge on any atom is 0.256 e. The van der Waals surface area contributed by atoms with E-state index < -0.39 is 5.82 Å². The third kappa shape index (κ3) is 2.84. The summed E-state index contributed by atoms with van der Waals surface area (Å²) in [5.41, 5.74) is -0.204. The molecule has 0 bridgehead atoms. The maximum atomic E-state index is 13.7. The number of rotatable bonds is 1. The summed E-state index contributed by atoms with van der Waals surface area (Å²) >= 11 is 6.23. The van der Waals surface area contributed by atoms with Crippen LogP contribution in [0.25, 0.3) is 0 Å². The summed E-state index contributed by atoms with van der Waals surface area (Å²) in [4.78, 5) is 13.9. The zero-order valence-electron chi connectivity index (χ0n) is 11.0. The Bertz CT molecular complexity index is 504. The molecule has 1 aromatic rings. The molecule has 2 rings (SSSR count). The molecule has 1 heterocycles. The SMILES string of the molecule is CC1(C)CN(C(=O)c2ccc(O)cc2F)CCC1Cl. The number of hydrogen-bond acceptors (Lipinski definition) is 2. The molecule has 1 aliphatic rings. The number of carbonyl (C=O) groups is 1. The molecule has 1 unspecified atom stereocenters. The first-order valence-corrected chi connectivity index (χ1v) is 6.67. The minimum Gasteiger partial charge on any atom is -0.508 e. The molecule has 3 nitrogen and oxygen atoms in total. The van der Waals surface area contributed by atoms with E-state index in [2.05, 4.69) is 0 Å². The van der Waals surface area contributed by atoms with Crippen molar-refractivity contribution in [3.8, 4) is 5.75 Å². The topological polar surface area (TPSA) is 40.5 Å². The predicted octanol–water partition coefficient (Wildman–Crippen LogP) is 3.01. The first kappa shape index (κ1) is 14.1. The van der Waals surface area contributed by atoms with Gasteiger partial charge in [0.25, 0.3) is 5.91 Å². The molecule has 1 amide bonds. The lowest BCUT2D eigenvalue weighted by molar-refractivity contribution is 0.0588. The first-order valence-electron chi connectivity index (χ1n) is 6.23. The Labute approximate surface area is 117 Å². The number of aromatic hydroxyl groups is 1. The van der Waals surface area contributed by atoms with Gasteiger partial charge < -0.3 is 10.0 Å². The predicted molar refractivity (Wildman–Crippen MR) is 72.0 cm³/mol. The van der Waals surface area contributed by atoms with Gasteiger partial charge in [-0.25, -0.2) is 4.39 Å².